The molecule has 1 aromatic rings. The number of carbonyl (C=O) groups is 1. The maximum atomic E-state index is 11.8. The van der Waals surface area contributed by atoms with Crippen molar-refractivity contribution in [2.24, 2.45) is 7.05 Å². The van der Waals surface area contributed by atoms with E-state index in [0.29, 0.717) is 12.6 Å². The normalized spacial score (nSPS) is 20.6. The van der Waals surface area contributed by atoms with Gasteiger partial charge in [0.05, 0.1) is 12.2 Å². The molecular weight excluding hydrogens is 216 g/mol. The van der Waals surface area contributed by atoms with Crippen LogP contribution in [0.2, 0.25) is 0 Å². The van der Waals surface area contributed by atoms with Gasteiger partial charge in [0.25, 0.3) is 0 Å². The Morgan fingerprint density at radius 3 is 2.76 bits per heavy atom. The minimum absolute atomic E-state index is 0.0838. The van der Waals surface area contributed by atoms with Gasteiger partial charge in [0.1, 0.15) is 5.69 Å². The van der Waals surface area contributed by atoms with Crippen LogP contribution in [0.15, 0.2) is 0 Å². The third kappa shape index (κ3) is 1.61. The van der Waals surface area contributed by atoms with Crippen LogP contribution in [-0.2, 0) is 11.8 Å². The second kappa shape index (κ2) is 3.75. The summed E-state index contributed by atoms with van der Waals surface area (Å²) in [5, 5.41) is 7.35. The van der Waals surface area contributed by atoms with Gasteiger partial charge in [-0.05, 0) is 19.8 Å². The van der Waals surface area contributed by atoms with Gasteiger partial charge in [-0.3, -0.25) is 9.48 Å². The molecule has 0 spiro atoms. The van der Waals surface area contributed by atoms with Gasteiger partial charge >= 0.3 is 0 Å². The summed E-state index contributed by atoms with van der Waals surface area (Å²) in [7, 11) is 1.95. The van der Waals surface area contributed by atoms with Crippen molar-refractivity contribution in [1.29, 1.82) is 0 Å². The lowest BCUT2D eigenvalue weighted by atomic mass is 10.1. The maximum Gasteiger partial charge on any atom is 0.244 e. The second-order valence-corrected chi connectivity index (χ2v) is 5.02. The van der Waals surface area contributed by atoms with E-state index in [1.165, 1.54) is 25.7 Å². The molecule has 0 bridgehead atoms. The summed E-state index contributed by atoms with van der Waals surface area (Å²) >= 11 is 0. The minimum atomic E-state index is 0.0838. The smallest absolute Gasteiger partial charge is 0.244 e. The first-order chi connectivity index (χ1) is 8.16. The van der Waals surface area contributed by atoms with Crippen molar-refractivity contribution >= 4 is 17.4 Å². The summed E-state index contributed by atoms with van der Waals surface area (Å²) in [6.45, 7) is 2.41. The Balaban J connectivity index is 2.03. The maximum absolute atomic E-state index is 11.8. The molecule has 1 amide bonds. The molecule has 0 atom stereocenters. The molecule has 0 saturated heterocycles. The van der Waals surface area contributed by atoms with E-state index >= 15 is 0 Å². The molecule has 2 aliphatic rings. The minimum Gasteiger partial charge on any atom is -0.343 e. The Bertz CT molecular complexity index is 459. The molecule has 1 N–H and O–H groups in total. The van der Waals surface area contributed by atoms with E-state index < -0.39 is 0 Å². The van der Waals surface area contributed by atoms with Gasteiger partial charge in [-0.15, -0.1) is 0 Å². The van der Waals surface area contributed by atoms with Crippen molar-refractivity contribution in [2.45, 2.75) is 38.6 Å². The van der Waals surface area contributed by atoms with Crippen LogP contribution in [0, 0.1) is 6.92 Å². The van der Waals surface area contributed by atoms with Crippen LogP contribution in [0.25, 0.3) is 0 Å². The topological polar surface area (TPSA) is 50.2 Å². The number of carbonyl (C=O) groups excluding carboxylic acids is 1. The third-order valence-electron chi connectivity index (χ3n) is 3.81. The number of aromatic nitrogens is 2. The summed E-state index contributed by atoms with van der Waals surface area (Å²) < 4.78 is 1.89. The fraction of sp³-hybridized carbons (Fsp3) is 0.667. The monoisotopic (exact) mass is 234 g/mol. The van der Waals surface area contributed by atoms with Crippen LogP contribution in [0.5, 0.6) is 0 Å². The Morgan fingerprint density at radius 1 is 1.35 bits per heavy atom. The Morgan fingerprint density at radius 2 is 2.06 bits per heavy atom. The van der Waals surface area contributed by atoms with Crippen molar-refractivity contribution in [3.05, 3.63) is 5.69 Å². The second-order valence-electron chi connectivity index (χ2n) is 5.02. The van der Waals surface area contributed by atoms with Gasteiger partial charge in [0.2, 0.25) is 5.91 Å². The molecule has 2 heterocycles. The predicted octanol–water partition coefficient (Wildman–Crippen LogP) is 1.43. The van der Waals surface area contributed by atoms with E-state index in [4.69, 9.17) is 0 Å². The molecule has 92 valence electrons. The van der Waals surface area contributed by atoms with Crippen LogP contribution in [0.1, 0.15) is 31.4 Å². The van der Waals surface area contributed by atoms with Crippen LogP contribution < -0.4 is 10.2 Å². The summed E-state index contributed by atoms with van der Waals surface area (Å²) in [5.41, 5.74) is 1.80. The van der Waals surface area contributed by atoms with E-state index in [1.807, 2.05) is 18.7 Å². The zero-order valence-electron chi connectivity index (χ0n) is 10.4. The number of amides is 1. The molecule has 0 radical (unpaired) electrons. The van der Waals surface area contributed by atoms with Crippen LogP contribution in [0.3, 0.4) is 0 Å². The highest BCUT2D eigenvalue weighted by atomic mass is 16.2. The molecular formula is C12H18N4O. The first-order valence-electron chi connectivity index (χ1n) is 6.27. The van der Waals surface area contributed by atoms with Crippen LogP contribution >= 0.6 is 0 Å². The number of fused-ring (bicyclic) bond motifs is 1. The highest BCUT2D eigenvalue weighted by Gasteiger charge is 2.33. The van der Waals surface area contributed by atoms with Gasteiger partial charge < -0.3 is 10.2 Å². The third-order valence-corrected chi connectivity index (χ3v) is 3.81. The van der Waals surface area contributed by atoms with E-state index in [1.54, 1.807) is 0 Å². The Kier molecular flexibility index (Phi) is 2.34. The molecule has 1 saturated carbocycles. The fourth-order valence-corrected chi connectivity index (χ4v) is 3.05. The number of nitrogens with one attached hydrogen (secondary N) is 1. The number of hydrogen-bond acceptors (Lipinski definition) is 3. The molecule has 3 rings (SSSR count). The first-order valence-corrected chi connectivity index (χ1v) is 6.27. The predicted molar refractivity (Wildman–Crippen MR) is 66.2 cm³/mol. The molecule has 1 aliphatic heterocycles. The highest BCUT2D eigenvalue weighted by molar-refractivity contribution is 6.01. The Hall–Kier alpha value is -1.52. The fourth-order valence-electron chi connectivity index (χ4n) is 3.05. The SMILES string of the molecule is Cc1nn(C)c2c1NC(=O)CN2C1CCCC1. The van der Waals surface area contributed by atoms with Crippen molar-refractivity contribution in [3.8, 4) is 0 Å². The van der Waals surface area contributed by atoms with Gasteiger partial charge in [0.15, 0.2) is 5.82 Å². The molecule has 0 aromatic carbocycles. The summed E-state index contributed by atoms with van der Waals surface area (Å²) in [6, 6.07) is 0.509. The molecule has 1 fully saturated rings. The van der Waals surface area contributed by atoms with E-state index in [2.05, 4.69) is 15.3 Å². The highest BCUT2D eigenvalue weighted by Crippen LogP contribution is 2.36. The lowest BCUT2D eigenvalue weighted by Gasteiger charge is -2.34. The first kappa shape index (κ1) is 10.6. The van der Waals surface area contributed by atoms with Crippen LogP contribution in [0.4, 0.5) is 11.5 Å². The molecule has 0 unspecified atom stereocenters. The van der Waals surface area contributed by atoms with Crippen molar-refractivity contribution < 1.29 is 4.79 Å². The zero-order chi connectivity index (χ0) is 12.0. The van der Waals surface area contributed by atoms with E-state index in [9.17, 15) is 4.79 Å². The van der Waals surface area contributed by atoms with Crippen molar-refractivity contribution in [3.63, 3.8) is 0 Å². The van der Waals surface area contributed by atoms with Crippen molar-refractivity contribution in [1.82, 2.24) is 9.78 Å². The number of rotatable bonds is 1. The summed E-state index contributed by atoms with van der Waals surface area (Å²) in [5.74, 6) is 1.16. The standard InChI is InChI=1S/C12H18N4O/c1-8-11-12(15(2)14-8)16(7-10(17)13-11)9-5-3-4-6-9/h9H,3-7H2,1-2H3,(H,13,17). The molecule has 1 aromatic heterocycles. The molecule has 5 nitrogen and oxygen atoms in total. The number of nitrogens with zero attached hydrogens (tertiary/aromatic N) is 3. The number of hydrogen-bond donors (Lipinski definition) is 1. The molecule has 5 heteroatoms. The zero-order valence-corrected chi connectivity index (χ0v) is 10.4. The lowest BCUT2D eigenvalue weighted by molar-refractivity contribution is -0.115. The van der Waals surface area contributed by atoms with Crippen LogP contribution in [-0.4, -0.2) is 28.3 Å². The van der Waals surface area contributed by atoms with Gasteiger partial charge in [0, 0.05) is 13.1 Å². The van der Waals surface area contributed by atoms with E-state index in [-0.39, 0.29) is 5.91 Å². The average molecular weight is 234 g/mol. The van der Waals surface area contributed by atoms with Gasteiger partial charge in [-0.25, -0.2) is 0 Å². The van der Waals surface area contributed by atoms with E-state index in [0.717, 1.165) is 17.2 Å². The van der Waals surface area contributed by atoms with Gasteiger partial charge in [-0.2, -0.15) is 5.10 Å². The quantitative estimate of drug-likeness (QED) is 0.799. The summed E-state index contributed by atoms with van der Waals surface area (Å²) in [6.07, 6.45) is 4.93. The Labute approximate surface area is 101 Å². The number of aryl methyl sites for hydroxylation is 2. The summed E-state index contributed by atoms with van der Waals surface area (Å²) in [4.78, 5) is 14.0. The number of anilines is 2. The average Bonchev–Trinajstić information content (AvgIpc) is 2.88. The van der Waals surface area contributed by atoms with Crippen molar-refractivity contribution in [2.75, 3.05) is 16.8 Å². The molecule has 1 aliphatic carbocycles. The largest absolute Gasteiger partial charge is 0.343 e. The molecule has 17 heavy (non-hydrogen) atoms. The van der Waals surface area contributed by atoms with Gasteiger partial charge in [-0.1, -0.05) is 12.8 Å². The lowest BCUT2D eigenvalue weighted by Crippen LogP contribution is -2.44.